The molecule has 1 aromatic carbocycles. The molecule has 3 heterocycles. The number of carbonyl (C=O) groups is 1. The summed E-state index contributed by atoms with van der Waals surface area (Å²) in [5.74, 6) is 0.168. The van der Waals surface area contributed by atoms with E-state index in [-0.39, 0.29) is 17.8 Å². The van der Waals surface area contributed by atoms with E-state index >= 15 is 4.39 Å². The van der Waals surface area contributed by atoms with Gasteiger partial charge in [-0.1, -0.05) is 31.0 Å². The van der Waals surface area contributed by atoms with E-state index in [0.717, 1.165) is 25.7 Å². The summed E-state index contributed by atoms with van der Waals surface area (Å²) in [4.78, 5) is 27.2. The minimum atomic E-state index is -4.25. The normalized spacial score (nSPS) is 34.0. The number of rotatable bonds is 10. The zero-order chi connectivity index (χ0) is 30.1. The van der Waals surface area contributed by atoms with E-state index in [1.54, 1.807) is 30.3 Å². The Balaban J connectivity index is 1.31. The molecule has 5 rings (SSSR count). The number of nitrogens with one attached hydrogen (secondary N) is 2. The summed E-state index contributed by atoms with van der Waals surface area (Å²) < 4.78 is 51.7. The van der Waals surface area contributed by atoms with Crippen LogP contribution in [0.15, 0.2) is 45.3 Å². The Morgan fingerprint density at radius 3 is 2.79 bits per heavy atom. The molecule has 1 aromatic rings. The molecule has 16 heteroatoms. The number of esters is 1. The quantitative estimate of drug-likeness (QED) is 0.223. The Hall–Kier alpha value is -3.10. The van der Waals surface area contributed by atoms with Crippen LogP contribution in [0.1, 0.15) is 39.5 Å². The van der Waals surface area contributed by atoms with E-state index in [0.29, 0.717) is 5.84 Å². The third kappa shape index (κ3) is 6.30. The zero-order valence-corrected chi connectivity index (χ0v) is 24.5. The van der Waals surface area contributed by atoms with Crippen molar-refractivity contribution < 1.29 is 37.4 Å². The summed E-state index contributed by atoms with van der Waals surface area (Å²) in [6.45, 7) is 2.08. The van der Waals surface area contributed by atoms with Crippen molar-refractivity contribution in [3.63, 3.8) is 0 Å². The maximum atomic E-state index is 16.1. The molecular weight excluding hydrogens is 572 g/mol. The third-order valence-corrected chi connectivity index (χ3v) is 9.32. The van der Waals surface area contributed by atoms with Gasteiger partial charge >= 0.3 is 13.7 Å². The van der Waals surface area contributed by atoms with Gasteiger partial charge in [-0.05, 0) is 38.8 Å². The van der Waals surface area contributed by atoms with Crippen LogP contribution < -0.4 is 20.7 Å². The first kappa shape index (κ1) is 30.4. The number of amidine groups is 1. The fourth-order valence-electron chi connectivity index (χ4n) is 5.45. The Morgan fingerprint density at radius 2 is 2.10 bits per heavy atom. The molecule has 230 valence electrons. The molecule has 42 heavy (non-hydrogen) atoms. The fraction of sp³-hybridized carbons (Fsp3) is 0.615. The van der Waals surface area contributed by atoms with Gasteiger partial charge in [0, 0.05) is 0 Å². The first-order chi connectivity index (χ1) is 20.0. The van der Waals surface area contributed by atoms with Crippen LogP contribution in [0.2, 0.25) is 0 Å². The van der Waals surface area contributed by atoms with E-state index in [4.69, 9.17) is 29.2 Å². The lowest BCUT2D eigenvalue weighted by Gasteiger charge is -2.36. The molecule has 0 spiro atoms. The van der Waals surface area contributed by atoms with Crippen molar-refractivity contribution in [2.45, 2.75) is 87.9 Å². The van der Waals surface area contributed by atoms with Crippen LogP contribution in [0.4, 0.5) is 4.39 Å². The molecule has 3 unspecified atom stereocenters. The van der Waals surface area contributed by atoms with Gasteiger partial charge in [0.05, 0.1) is 26.1 Å². The predicted octanol–water partition coefficient (Wildman–Crippen LogP) is 1.45. The number of benzene rings is 1. The van der Waals surface area contributed by atoms with E-state index < -0.39 is 62.7 Å². The lowest BCUT2D eigenvalue weighted by Crippen LogP contribution is -2.58. The molecule has 5 N–H and O–H groups in total. The summed E-state index contributed by atoms with van der Waals surface area (Å²) in [5, 5.41) is 16.5. The van der Waals surface area contributed by atoms with Crippen molar-refractivity contribution in [2.24, 2.45) is 20.7 Å². The number of guanidine groups is 1. The number of nitrogens with zero attached hydrogens (tertiary/aromatic N) is 4. The maximum Gasteiger partial charge on any atom is 0.459 e. The second-order valence-electron chi connectivity index (χ2n) is 10.9. The molecule has 0 aromatic heterocycles. The minimum Gasteiger partial charge on any atom is -0.468 e. The second-order valence-corrected chi connectivity index (χ2v) is 12.6. The van der Waals surface area contributed by atoms with Crippen LogP contribution in [0.3, 0.4) is 0 Å². The van der Waals surface area contributed by atoms with Crippen LogP contribution in [-0.4, -0.2) is 96.2 Å². The van der Waals surface area contributed by atoms with Gasteiger partial charge in [-0.15, -0.1) is 0 Å². The number of aliphatic hydroxyl groups excluding tert-OH is 1. The lowest BCUT2D eigenvalue weighted by atomic mass is 9.97. The molecule has 4 aliphatic rings. The SMILES string of the molecule is COC(=O)[C@H](C)N[P@](=O)(OC[C@H]1OC(N2C=NC3C(=NC4CCCC4)NC(N)=NC32)[C@](C)(F)[C@@H]1O)Oc1ccccc1. The van der Waals surface area contributed by atoms with E-state index in [2.05, 4.69) is 20.4 Å². The van der Waals surface area contributed by atoms with Gasteiger partial charge in [0.2, 0.25) is 0 Å². The van der Waals surface area contributed by atoms with Crippen molar-refractivity contribution in [1.82, 2.24) is 15.3 Å². The highest BCUT2D eigenvalue weighted by Gasteiger charge is 2.59. The molecule has 0 amide bonds. The van der Waals surface area contributed by atoms with Gasteiger partial charge in [-0.25, -0.2) is 13.9 Å². The maximum absolute atomic E-state index is 16.1. The molecule has 1 saturated heterocycles. The number of aliphatic imine (C=N–C) groups is 3. The molecule has 1 saturated carbocycles. The lowest BCUT2D eigenvalue weighted by molar-refractivity contribution is -0.142. The summed E-state index contributed by atoms with van der Waals surface area (Å²) in [6, 6.07) is 6.71. The van der Waals surface area contributed by atoms with Crippen molar-refractivity contribution in [1.29, 1.82) is 0 Å². The summed E-state index contributed by atoms with van der Waals surface area (Å²) >= 11 is 0. The number of nitrogens with two attached hydrogens (primary N) is 1. The van der Waals surface area contributed by atoms with E-state index in [1.807, 2.05) is 0 Å². The van der Waals surface area contributed by atoms with Gasteiger partial charge in [0.15, 0.2) is 24.0 Å². The monoisotopic (exact) mass is 609 g/mol. The Labute approximate surface area is 243 Å². The standard InChI is InChI=1S/C26H37FN7O7P/c1-15(23(36)38-3)33-42(37,41-17-11-5-4-6-12-17)39-13-18-20(35)26(2,27)24(40-18)34-14-29-19-21(30-16-9-7-8-10-16)31-25(28)32-22(19)34/h4-6,11-12,14-16,18-20,22,24,35H,7-10,13H2,1-3H3,(H,33,37)(H3,28,30,31,32)/t15-,18+,19?,20+,22?,24?,26+,42-/m0/s1. The minimum absolute atomic E-state index is 0.118. The molecule has 3 aliphatic heterocycles. The van der Waals surface area contributed by atoms with Crippen molar-refractivity contribution in [3.8, 4) is 5.75 Å². The summed E-state index contributed by atoms with van der Waals surface area (Å²) in [5.41, 5.74) is 3.74. The van der Waals surface area contributed by atoms with Crippen molar-refractivity contribution in [2.75, 3.05) is 13.7 Å². The Bertz CT molecular complexity index is 1280. The van der Waals surface area contributed by atoms with Gasteiger partial charge in [0.1, 0.15) is 35.9 Å². The average molecular weight is 610 g/mol. The zero-order valence-electron chi connectivity index (χ0n) is 23.6. The highest BCUT2D eigenvalue weighted by molar-refractivity contribution is 7.52. The largest absolute Gasteiger partial charge is 0.468 e. The van der Waals surface area contributed by atoms with Gasteiger partial charge in [-0.3, -0.25) is 19.3 Å². The molecule has 0 bridgehead atoms. The van der Waals surface area contributed by atoms with Gasteiger partial charge in [0.25, 0.3) is 0 Å². The highest BCUT2D eigenvalue weighted by Crippen LogP contribution is 2.47. The Morgan fingerprint density at radius 1 is 1.38 bits per heavy atom. The number of carbonyl (C=O) groups excluding carboxylic acids is 1. The summed E-state index contributed by atoms with van der Waals surface area (Å²) in [6.07, 6.45) is 0.541. The predicted molar refractivity (Wildman–Crippen MR) is 152 cm³/mol. The first-order valence-corrected chi connectivity index (χ1v) is 15.4. The number of para-hydroxylation sites is 1. The number of halogens is 1. The fourth-order valence-corrected chi connectivity index (χ4v) is 6.95. The number of alkyl halides is 1. The smallest absolute Gasteiger partial charge is 0.459 e. The van der Waals surface area contributed by atoms with Crippen LogP contribution in [0, 0.1) is 0 Å². The summed E-state index contributed by atoms with van der Waals surface area (Å²) in [7, 11) is -3.07. The van der Waals surface area contributed by atoms with Crippen molar-refractivity contribution in [3.05, 3.63) is 30.3 Å². The van der Waals surface area contributed by atoms with Crippen LogP contribution >= 0.6 is 7.75 Å². The molecular formula is C26H37FN7O7P. The average Bonchev–Trinajstić information content (AvgIpc) is 3.67. The Kier molecular flexibility index (Phi) is 8.86. The van der Waals surface area contributed by atoms with E-state index in [9.17, 15) is 14.5 Å². The number of methoxy groups -OCH3 is 1. The van der Waals surface area contributed by atoms with Gasteiger partial charge in [-0.2, -0.15) is 5.09 Å². The number of fused-ring (bicyclic) bond motifs is 1. The number of ether oxygens (including phenoxy) is 2. The number of hydrogen-bond acceptors (Lipinski definition) is 12. The second kappa shape index (κ2) is 12.3. The molecule has 1 aliphatic carbocycles. The first-order valence-electron chi connectivity index (χ1n) is 13.9. The van der Waals surface area contributed by atoms with Crippen LogP contribution in [0.25, 0.3) is 0 Å². The topological polar surface area (TPSA) is 182 Å². The van der Waals surface area contributed by atoms with Crippen LogP contribution in [-0.2, 0) is 23.4 Å². The molecule has 2 fully saturated rings. The van der Waals surface area contributed by atoms with E-state index in [1.165, 1.54) is 32.2 Å². The highest BCUT2D eigenvalue weighted by atomic mass is 31.2. The van der Waals surface area contributed by atoms with Crippen molar-refractivity contribution >= 4 is 31.8 Å². The third-order valence-electron chi connectivity index (χ3n) is 7.67. The number of hydrogen-bond donors (Lipinski definition) is 4. The molecule has 0 radical (unpaired) electrons. The molecule has 14 nitrogen and oxygen atoms in total. The number of aliphatic hydroxyl groups is 1. The van der Waals surface area contributed by atoms with Gasteiger partial charge < -0.3 is 35.1 Å². The molecule has 8 atom stereocenters. The van der Waals surface area contributed by atoms with Crippen LogP contribution in [0.5, 0.6) is 5.75 Å².